The van der Waals surface area contributed by atoms with Crippen molar-refractivity contribution in [2.24, 2.45) is 5.41 Å². The van der Waals surface area contributed by atoms with Crippen LogP contribution in [0, 0.1) is 5.41 Å². The molecule has 2 nitrogen and oxygen atoms in total. The van der Waals surface area contributed by atoms with Crippen molar-refractivity contribution in [3.63, 3.8) is 0 Å². The van der Waals surface area contributed by atoms with Gasteiger partial charge in [0, 0.05) is 18.8 Å². The summed E-state index contributed by atoms with van der Waals surface area (Å²) in [7, 11) is 0. The fourth-order valence-corrected chi connectivity index (χ4v) is 2.99. The number of aryl methyl sites for hydroxylation is 1. The monoisotopic (exact) mass is 261 g/mol. The van der Waals surface area contributed by atoms with Crippen LogP contribution >= 0.6 is 0 Å². The lowest BCUT2D eigenvalue weighted by atomic mass is 9.71. The van der Waals surface area contributed by atoms with Crippen molar-refractivity contribution in [2.45, 2.75) is 52.6 Å². The van der Waals surface area contributed by atoms with Crippen molar-refractivity contribution in [2.75, 3.05) is 18.0 Å². The molecule has 1 saturated heterocycles. The van der Waals surface area contributed by atoms with E-state index in [1.807, 2.05) is 0 Å². The Hall–Kier alpha value is -1.02. The maximum atomic E-state index is 10.8. The van der Waals surface area contributed by atoms with E-state index in [1.165, 1.54) is 11.3 Å². The fourth-order valence-electron chi connectivity index (χ4n) is 2.99. The fraction of sp³-hybridized carbons (Fsp3) is 0.647. The van der Waals surface area contributed by atoms with E-state index >= 15 is 0 Å². The molecule has 1 aliphatic heterocycles. The largest absolute Gasteiger partial charge is 0.389 e. The number of para-hydroxylation sites is 1. The number of hydrogen-bond acceptors (Lipinski definition) is 2. The van der Waals surface area contributed by atoms with E-state index in [1.54, 1.807) is 0 Å². The molecule has 0 radical (unpaired) electrons. The highest BCUT2D eigenvalue weighted by Gasteiger charge is 2.42. The van der Waals surface area contributed by atoms with Crippen molar-refractivity contribution in [1.82, 2.24) is 0 Å². The van der Waals surface area contributed by atoms with Gasteiger partial charge in [-0.15, -0.1) is 0 Å². The summed E-state index contributed by atoms with van der Waals surface area (Å²) in [4.78, 5) is 2.43. The van der Waals surface area contributed by atoms with Crippen molar-refractivity contribution >= 4 is 5.69 Å². The lowest BCUT2D eigenvalue weighted by Crippen LogP contribution is -2.52. The molecule has 0 spiro atoms. The van der Waals surface area contributed by atoms with Crippen LogP contribution in [0.5, 0.6) is 0 Å². The van der Waals surface area contributed by atoms with Crippen LogP contribution in [0.3, 0.4) is 0 Å². The van der Waals surface area contributed by atoms with E-state index in [9.17, 15) is 5.11 Å². The minimum absolute atomic E-state index is 0.0383. The van der Waals surface area contributed by atoms with Crippen LogP contribution < -0.4 is 4.90 Å². The topological polar surface area (TPSA) is 23.5 Å². The Kier molecular flexibility index (Phi) is 3.91. The summed E-state index contributed by atoms with van der Waals surface area (Å²) in [5.74, 6) is 0. The first-order valence-corrected chi connectivity index (χ1v) is 7.42. The summed E-state index contributed by atoms with van der Waals surface area (Å²) in [6.07, 6.45) is 2.78. The zero-order chi connectivity index (χ0) is 14.1. The lowest BCUT2D eigenvalue weighted by molar-refractivity contribution is -0.0754. The zero-order valence-corrected chi connectivity index (χ0v) is 12.7. The Balaban J connectivity index is 2.12. The van der Waals surface area contributed by atoms with Crippen LogP contribution in [0.1, 0.15) is 46.1 Å². The molecule has 0 aliphatic carbocycles. The predicted molar refractivity (Wildman–Crippen MR) is 81.7 cm³/mol. The van der Waals surface area contributed by atoms with Crippen LogP contribution in [0.25, 0.3) is 0 Å². The molecule has 19 heavy (non-hydrogen) atoms. The van der Waals surface area contributed by atoms with Crippen LogP contribution in [-0.2, 0) is 6.42 Å². The second-order valence-corrected chi connectivity index (χ2v) is 6.75. The van der Waals surface area contributed by atoms with Gasteiger partial charge < -0.3 is 10.0 Å². The molecule has 0 saturated carbocycles. The number of anilines is 1. The summed E-state index contributed by atoms with van der Waals surface area (Å²) in [5, 5.41) is 10.8. The van der Waals surface area contributed by atoms with Crippen LogP contribution in [0.15, 0.2) is 24.3 Å². The summed E-state index contributed by atoms with van der Waals surface area (Å²) in [6.45, 7) is 10.5. The van der Waals surface area contributed by atoms with Crippen molar-refractivity contribution in [3.8, 4) is 0 Å². The molecule has 2 heteroatoms. The number of benzene rings is 1. The maximum Gasteiger partial charge on any atom is 0.0729 e. The summed E-state index contributed by atoms with van der Waals surface area (Å²) >= 11 is 0. The average molecular weight is 261 g/mol. The molecule has 1 aromatic rings. The number of aliphatic hydroxyl groups is 1. The highest BCUT2D eigenvalue weighted by Crippen LogP contribution is 2.39. The van der Waals surface area contributed by atoms with Crippen molar-refractivity contribution < 1.29 is 5.11 Å². The second kappa shape index (κ2) is 5.16. The van der Waals surface area contributed by atoms with Gasteiger partial charge in [0.25, 0.3) is 0 Å². The van der Waals surface area contributed by atoms with Gasteiger partial charge in [-0.3, -0.25) is 0 Å². The normalized spacial score (nSPS) is 19.5. The van der Waals surface area contributed by atoms with Crippen LogP contribution in [0.2, 0.25) is 0 Å². The van der Waals surface area contributed by atoms with Gasteiger partial charge in [0.05, 0.1) is 5.60 Å². The summed E-state index contributed by atoms with van der Waals surface area (Å²) < 4.78 is 0. The van der Waals surface area contributed by atoms with Gasteiger partial charge in [-0.05, 0) is 36.3 Å². The first-order valence-electron chi connectivity index (χ1n) is 7.42. The smallest absolute Gasteiger partial charge is 0.0729 e. The second-order valence-electron chi connectivity index (χ2n) is 6.75. The van der Waals surface area contributed by atoms with E-state index < -0.39 is 5.60 Å². The van der Waals surface area contributed by atoms with Gasteiger partial charge in [-0.25, -0.2) is 0 Å². The van der Waals surface area contributed by atoms with Crippen LogP contribution in [0.4, 0.5) is 5.69 Å². The quantitative estimate of drug-likeness (QED) is 0.879. The third-order valence-corrected chi connectivity index (χ3v) is 4.70. The average Bonchev–Trinajstić information content (AvgIpc) is 2.38. The minimum atomic E-state index is -0.523. The van der Waals surface area contributed by atoms with Gasteiger partial charge >= 0.3 is 0 Å². The molecule has 0 aromatic heterocycles. The molecule has 0 unspecified atom stereocenters. The van der Waals surface area contributed by atoms with Crippen LogP contribution in [-0.4, -0.2) is 23.8 Å². The highest BCUT2D eigenvalue weighted by molar-refractivity contribution is 5.54. The first kappa shape index (κ1) is 14.4. The first-order chi connectivity index (χ1) is 8.87. The number of piperidine rings is 1. The van der Waals surface area contributed by atoms with E-state index in [0.717, 1.165) is 32.4 Å². The predicted octanol–water partition coefficient (Wildman–Crippen LogP) is 3.63. The number of rotatable bonds is 2. The Labute approximate surface area is 117 Å². The van der Waals surface area contributed by atoms with E-state index in [-0.39, 0.29) is 5.41 Å². The molecule has 1 N–H and O–H groups in total. The summed E-state index contributed by atoms with van der Waals surface area (Å²) in [5.41, 5.74) is 2.19. The van der Waals surface area contributed by atoms with Gasteiger partial charge in [0.1, 0.15) is 0 Å². The van der Waals surface area contributed by atoms with Gasteiger partial charge in [-0.2, -0.15) is 0 Å². The van der Waals surface area contributed by atoms with E-state index in [0.29, 0.717) is 0 Å². The molecule has 1 aromatic carbocycles. The standard InChI is InChI=1S/C17H27NO/c1-5-14-8-6-7-9-15(14)18-12-10-17(19,11-13-18)16(2,3)4/h6-9,19H,5,10-13H2,1-4H3. The third-order valence-electron chi connectivity index (χ3n) is 4.70. The Morgan fingerprint density at radius 1 is 1.16 bits per heavy atom. The molecule has 1 fully saturated rings. The molecule has 106 valence electrons. The maximum absolute atomic E-state index is 10.8. The summed E-state index contributed by atoms with van der Waals surface area (Å²) in [6, 6.07) is 8.64. The Morgan fingerprint density at radius 2 is 1.74 bits per heavy atom. The molecule has 2 rings (SSSR count). The molecule has 1 aliphatic rings. The Morgan fingerprint density at radius 3 is 2.26 bits per heavy atom. The van der Waals surface area contributed by atoms with E-state index in [2.05, 4.69) is 56.9 Å². The molecule has 0 atom stereocenters. The number of hydrogen-bond donors (Lipinski definition) is 1. The van der Waals surface area contributed by atoms with Crippen molar-refractivity contribution in [1.29, 1.82) is 0 Å². The Bertz CT molecular complexity index is 425. The highest BCUT2D eigenvalue weighted by atomic mass is 16.3. The minimum Gasteiger partial charge on any atom is -0.389 e. The number of nitrogens with zero attached hydrogens (tertiary/aromatic N) is 1. The van der Waals surface area contributed by atoms with Gasteiger partial charge in [0.15, 0.2) is 0 Å². The SMILES string of the molecule is CCc1ccccc1N1CCC(O)(C(C)(C)C)CC1. The van der Waals surface area contributed by atoms with Gasteiger partial charge in [0.2, 0.25) is 0 Å². The third kappa shape index (κ3) is 2.79. The molecule has 1 heterocycles. The van der Waals surface area contributed by atoms with Crippen molar-refractivity contribution in [3.05, 3.63) is 29.8 Å². The van der Waals surface area contributed by atoms with Gasteiger partial charge in [-0.1, -0.05) is 45.9 Å². The molecule has 0 bridgehead atoms. The molecular weight excluding hydrogens is 234 g/mol. The van der Waals surface area contributed by atoms with E-state index in [4.69, 9.17) is 0 Å². The zero-order valence-electron chi connectivity index (χ0n) is 12.7. The molecule has 0 amide bonds. The lowest BCUT2D eigenvalue weighted by Gasteiger charge is -2.47. The molecular formula is C17H27NO.